The molecule has 2 fully saturated rings. The zero-order valence-electron chi connectivity index (χ0n) is 16.5. The summed E-state index contributed by atoms with van der Waals surface area (Å²) in [6, 6.07) is 8.48. The molecule has 1 saturated heterocycles. The van der Waals surface area contributed by atoms with Crippen molar-refractivity contribution in [3.05, 3.63) is 34.9 Å². The van der Waals surface area contributed by atoms with Gasteiger partial charge in [0.25, 0.3) is 0 Å². The number of ether oxygens (including phenoxy) is 1. The van der Waals surface area contributed by atoms with E-state index in [-0.39, 0.29) is 35.5 Å². The molecule has 1 aromatic carbocycles. The van der Waals surface area contributed by atoms with Gasteiger partial charge in [-0.15, -0.1) is 24.0 Å². The molecule has 0 bridgehead atoms. The number of hydrogen-bond acceptors (Lipinski definition) is 3. The molecule has 8 heteroatoms. The van der Waals surface area contributed by atoms with E-state index in [9.17, 15) is 4.79 Å². The van der Waals surface area contributed by atoms with Crippen molar-refractivity contribution in [1.82, 2.24) is 15.5 Å². The topological polar surface area (TPSA) is 66.0 Å². The number of aliphatic imine (C=N–C) groups is 1. The standard InChI is InChI=1S/C20H29ClN4O2.HI/c1-3-27-19(26)25-12-8-17(9-13-25)24-18(22-2)23-14-20(10-11-20)15-4-6-16(21)7-5-15;/h4-7,17H,3,8-14H2,1-2H3,(H2,22,23,24);1H. The minimum absolute atomic E-state index is 0. The maximum atomic E-state index is 11.8. The highest BCUT2D eigenvalue weighted by molar-refractivity contribution is 14.0. The number of nitrogens with zero attached hydrogens (tertiary/aromatic N) is 2. The number of nitrogens with one attached hydrogen (secondary N) is 2. The van der Waals surface area contributed by atoms with E-state index in [0.29, 0.717) is 25.7 Å². The third-order valence-corrected chi connectivity index (χ3v) is 5.74. The zero-order chi connectivity index (χ0) is 19.3. The number of amides is 1. The summed E-state index contributed by atoms with van der Waals surface area (Å²) in [6.07, 6.45) is 3.92. The first-order chi connectivity index (χ1) is 13.1. The van der Waals surface area contributed by atoms with Crippen molar-refractivity contribution in [3.8, 4) is 0 Å². The van der Waals surface area contributed by atoms with Gasteiger partial charge in [-0.2, -0.15) is 0 Å². The number of piperidine rings is 1. The largest absolute Gasteiger partial charge is 0.450 e. The number of benzene rings is 1. The minimum Gasteiger partial charge on any atom is -0.450 e. The molecule has 0 radical (unpaired) electrons. The Kier molecular flexibility index (Phi) is 8.67. The Bertz CT molecular complexity index is 671. The molecule has 0 spiro atoms. The first-order valence-corrected chi connectivity index (χ1v) is 10.1. The molecule has 1 amide bonds. The van der Waals surface area contributed by atoms with E-state index in [0.717, 1.165) is 30.4 Å². The molecule has 1 aromatic rings. The second-order valence-corrected chi connectivity index (χ2v) is 7.75. The molecular formula is C20H30ClIN4O2. The molecule has 156 valence electrons. The van der Waals surface area contributed by atoms with E-state index in [2.05, 4.69) is 27.8 Å². The van der Waals surface area contributed by atoms with Gasteiger partial charge in [-0.3, -0.25) is 4.99 Å². The molecule has 0 aromatic heterocycles. The number of likely N-dealkylation sites (tertiary alicyclic amines) is 1. The van der Waals surface area contributed by atoms with E-state index in [4.69, 9.17) is 16.3 Å². The van der Waals surface area contributed by atoms with Crippen molar-refractivity contribution in [2.24, 2.45) is 4.99 Å². The molecule has 28 heavy (non-hydrogen) atoms. The average Bonchev–Trinajstić information content (AvgIpc) is 3.47. The quantitative estimate of drug-likeness (QED) is 0.352. The SMILES string of the molecule is CCOC(=O)N1CCC(NC(=NC)NCC2(c3ccc(Cl)cc3)CC2)CC1.I. The number of carbonyl (C=O) groups is 1. The van der Waals surface area contributed by atoms with Gasteiger partial charge in [0.05, 0.1) is 6.61 Å². The minimum atomic E-state index is -0.211. The second-order valence-electron chi connectivity index (χ2n) is 7.32. The maximum Gasteiger partial charge on any atom is 0.409 e. The fraction of sp³-hybridized carbons (Fsp3) is 0.600. The van der Waals surface area contributed by atoms with Gasteiger partial charge in [0.1, 0.15) is 0 Å². The van der Waals surface area contributed by atoms with Crippen molar-refractivity contribution < 1.29 is 9.53 Å². The van der Waals surface area contributed by atoms with Crippen LogP contribution in [-0.4, -0.2) is 56.3 Å². The predicted octanol–water partition coefficient (Wildman–Crippen LogP) is 3.78. The van der Waals surface area contributed by atoms with Crippen LogP contribution in [0.4, 0.5) is 4.79 Å². The second kappa shape index (κ2) is 10.5. The highest BCUT2D eigenvalue weighted by Gasteiger charge is 2.44. The van der Waals surface area contributed by atoms with Crippen LogP contribution in [0.2, 0.25) is 5.02 Å². The van der Waals surface area contributed by atoms with Crippen molar-refractivity contribution in [1.29, 1.82) is 0 Å². The first kappa shape index (κ1) is 23.1. The molecule has 6 nitrogen and oxygen atoms in total. The van der Waals surface area contributed by atoms with Crippen LogP contribution in [0.25, 0.3) is 0 Å². The average molecular weight is 521 g/mol. The van der Waals surface area contributed by atoms with Crippen LogP contribution in [0.1, 0.15) is 38.2 Å². The fourth-order valence-electron chi connectivity index (χ4n) is 3.58. The van der Waals surface area contributed by atoms with Crippen molar-refractivity contribution in [2.75, 3.05) is 33.3 Å². The zero-order valence-corrected chi connectivity index (χ0v) is 19.6. The monoisotopic (exact) mass is 520 g/mol. The van der Waals surface area contributed by atoms with Crippen LogP contribution in [0.5, 0.6) is 0 Å². The van der Waals surface area contributed by atoms with Gasteiger partial charge in [-0.1, -0.05) is 23.7 Å². The first-order valence-electron chi connectivity index (χ1n) is 9.71. The van der Waals surface area contributed by atoms with Gasteiger partial charge < -0.3 is 20.3 Å². The van der Waals surface area contributed by atoms with E-state index in [1.54, 1.807) is 11.9 Å². The summed E-state index contributed by atoms with van der Waals surface area (Å²) < 4.78 is 5.07. The van der Waals surface area contributed by atoms with Crippen molar-refractivity contribution in [2.45, 2.75) is 44.1 Å². The normalized spacial score (nSPS) is 18.8. The number of guanidine groups is 1. The summed E-state index contributed by atoms with van der Waals surface area (Å²) in [4.78, 5) is 17.9. The van der Waals surface area contributed by atoms with Gasteiger partial charge in [0.15, 0.2) is 5.96 Å². The molecule has 1 aliphatic carbocycles. The van der Waals surface area contributed by atoms with Crippen LogP contribution in [0.15, 0.2) is 29.3 Å². The highest BCUT2D eigenvalue weighted by atomic mass is 127. The lowest BCUT2D eigenvalue weighted by Crippen LogP contribution is -2.50. The van der Waals surface area contributed by atoms with Gasteiger partial charge in [-0.25, -0.2) is 4.79 Å². The van der Waals surface area contributed by atoms with Crippen molar-refractivity contribution in [3.63, 3.8) is 0 Å². The molecule has 0 unspecified atom stereocenters. The smallest absolute Gasteiger partial charge is 0.409 e. The van der Waals surface area contributed by atoms with Crippen LogP contribution in [0.3, 0.4) is 0 Å². The van der Waals surface area contributed by atoms with Crippen LogP contribution >= 0.6 is 35.6 Å². The lowest BCUT2D eigenvalue weighted by Gasteiger charge is -2.32. The number of carbonyl (C=O) groups excluding carboxylic acids is 1. The third-order valence-electron chi connectivity index (χ3n) is 5.49. The molecule has 2 N–H and O–H groups in total. The molecular weight excluding hydrogens is 491 g/mol. The lowest BCUT2D eigenvalue weighted by molar-refractivity contribution is 0.0963. The van der Waals surface area contributed by atoms with E-state index < -0.39 is 0 Å². The number of hydrogen-bond donors (Lipinski definition) is 2. The van der Waals surface area contributed by atoms with Crippen molar-refractivity contribution >= 4 is 47.6 Å². The van der Waals surface area contributed by atoms with E-state index in [1.807, 2.05) is 19.1 Å². The lowest BCUT2D eigenvalue weighted by atomic mass is 9.96. The Morgan fingerprint density at radius 2 is 1.93 bits per heavy atom. The summed E-state index contributed by atoms with van der Waals surface area (Å²) in [5.41, 5.74) is 1.52. The molecule has 2 aliphatic rings. The Morgan fingerprint density at radius 1 is 1.29 bits per heavy atom. The van der Waals surface area contributed by atoms with Crippen LogP contribution < -0.4 is 10.6 Å². The number of rotatable bonds is 5. The van der Waals surface area contributed by atoms with Crippen LogP contribution in [-0.2, 0) is 10.2 Å². The molecule has 1 heterocycles. The molecule has 1 saturated carbocycles. The predicted molar refractivity (Wildman–Crippen MR) is 124 cm³/mol. The highest BCUT2D eigenvalue weighted by Crippen LogP contribution is 2.47. The van der Waals surface area contributed by atoms with Gasteiger partial charge in [0.2, 0.25) is 0 Å². The summed E-state index contributed by atoms with van der Waals surface area (Å²) in [6.45, 7) is 4.53. The molecule has 1 aliphatic heterocycles. The maximum absolute atomic E-state index is 11.8. The summed E-state index contributed by atoms with van der Waals surface area (Å²) in [7, 11) is 1.80. The summed E-state index contributed by atoms with van der Waals surface area (Å²) in [5.74, 6) is 0.824. The summed E-state index contributed by atoms with van der Waals surface area (Å²) >= 11 is 6.01. The third kappa shape index (κ3) is 5.89. The van der Waals surface area contributed by atoms with Gasteiger partial charge in [0, 0.05) is 43.2 Å². The van der Waals surface area contributed by atoms with E-state index in [1.165, 1.54) is 18.4 Å². The Labute approximate surface area is 189 Å². The Balaban J connectivity index is 0.00000280. The van der Waals surface area contributed by atoms with Gasteiger partial charge >= 0.3 is 6.09 Å². The molecule has 3 rings (SSSR count). The Morgan fingerprint density at radius 3 is 2.46 bits per heavy atom. The fourth-order valence-corrected chi connectivity index (χ4v) is 3.71. The summed E-state index contributed by atoms with van der Waals surface area (Å²) in [5, 5.41) is 7.76. The van der Waals surface area contributed by atoms with Gasteiger partial charge in [-0.05, 0) is 50.3 Å². The van der Waals surface area contributed by atoms with Crippen LogP contribution in [0, 0.1) is 0 Å². The Hall–Kier alpha value is -1.22. The number of halogens is 2. The van der Waals surface area contributed by atoms with E-state index >= 15 is 0 Å². The molecule has 0 atom stereocenters.